The Balaban J connectivity index is 1.69. The molecule has 3 aromatic rings. The summed E-state index contributed by atoms with van der Waals surface area (Å²) in [6, 6.07) is 20.9. The number of nitrogens with one attached hydrogen (secondary N) is 1. The molecule has 3 rings (SSSR count). The van der Waals surface area contributed by atoms with Gasteiger partial charge in [0.1, 0.15) is 5.75 Å². The van der Waals surface area contributed by atoms with E-state index in [-0.39, 0.29) is 16.9 Å². The third-order valence-electron chi connectivity index (χ3n) is 3.74. The highest BCUT2D eigenvalue weighted by Gasteiger charge is 2.13. The molecule has 25 heavy (non-hydrogen) atoms. The Morgan fingerprint density at radius 3 is 2.60 bits per heavy atom. The van der Waals surface area contributed by atoms with Gasteiger partial charge in [0, 0.05) is 10.5 Å². The predicted octanol–water partition coefficient (Wildman–Crippen LogP) is 4.18. The molecule has 1 unspecified atom stereocenters. The second kappa shape index (κ2) is 7.85. The van der Waals surface area contributed by atoms with Crippen molar-refractivity contribution in [2.75, 3.05) is 0 Å². The number of phenols is 1. The van der Waals surface area contributed by atoms with Gasteiger partial charge in [-0.05, 0) is 35.9 Å². The van der Waals surface area contributed by atoms with Gasteiger partial charge in [-0.25, -0.2) is 5.43 Å². The van der Waals surface area contributed by atoms with E-state index in [2.05, 4.69) is 10.5 Å². The van der Waals surface area contributed by atoms with E-state index in [0.29, 0.717) is 5.56 Å². The van der Waals surface area contributed by atoms with Gasteiger partial charge in [0.15, 0.2) is 0 Å². The third kappa shape index (κ3) is 4.19. The summed E-state index contributed by atoms with van der Waals surface area (Å²) in [5, 5.41) is 15.7. The number of phenolic OH excluding ortho intramolecular Hbond substituents is 1. The topological polar surface area (TPSA) is 61.7 Å². The van der Waals surface area contributed by atoms with Crippen LogP contribution in [0.4, 0.5) is 0 Å². The summed E-state index contributed by atoms with van der Waals surface area (Å²) in [7, 11) is 0. The van der Waals surface area contributed by atoms with Crippen molar-refractivity contribution < 1.29 is 9.90 Å². The first-order valence-electron chi connectivity index (χ1n) is 7.90. The normalized spacial score (nSPS) is 12.4. The fourth-order valence-corrected chi connectivity index (χ4v) is 3.31. The zero-order chi connectivity index (χ0) is 17.6. The molecule has 0 radical (unpaired) electrons. The van der Waals surface area contributed by atoms with Crippen molar-refractivity contribution in [3.63, 3.8) is 0 Å². The smallest absolute Gasteiger partial charge is 0.253 e. The summed E-state index contributed by atoms with van der Waals surface area (Å²) in [5.41, 5.74) is 3.13. The molecule has 126 valence electrons. The largest absolute Gasteiger partial charge is 0.507 e. The van der Waals surface area contributed by atoms with Gasteiger partial charge in [0.25, 0.3) is 5.91 Å². The summed E-state index contributed by atoms with van der Waals surface area (Å²) in [6.45, 7) is 1.83. The Bertz CT molecular complexity index is 910. The van der Waals surface area contributed by atoms with Gasteiger partial charge in [-0.2, -0.15) is 5.10 Å². The third-order valence-corrected chi connectivity index (χ3v) is 4.85. The number of aromatic hydroxyl groups is 1. The summed E-state index contributed by atoms with van der Waals surface area (Å²) in [4.78, 5) is 13.2. The van der Waals surface area contributed by atoms with Crippen LogP contribution >= 0.6 is 11.8 Å². The number of hydrogen-bond acceptors (Lipinski definition) is 4. The minimum atomic E-state index is -0.277. The molecule has 0 spiro atoms. The molecule has 0 aliphatic carbocycles. The molecule has 1 amide bonds. The number of benzene rings is 3. The molecule has 0 bridgehead atoms. The molecule has 0 aliphatic heterocycles. The second-order valence-electron chi connectivity index (χ2n) is 5.53. The molecule has 0 heterocycles. The zero-order valence-corrected chi connectivity index (χ0v) is 14.5. The van der Waals surface area contributed by atoms with Crippen LogP contribution in [-0.2, 0) is 4.79 Å². The lowest BCUT2D eigenvalue weighted by atomic mass is 10.0. The maximum absolute atomic E-state index is 12.2. The fraction of sp³-hybridized carbons (Fsp3) is 0.100. The Labute approximate surface area is 150 Å². The quantitative estimate of drug-likeness (QED) is 0.412. The van der Waals surface area contributed by atoms with Crippen molar-refractivity contribution in [1.29, 1.82) is 0 Å². The van der Waals surface area contributed by atoms with Gasteiger partial charge in [-0.1, -0.05) is 48.5 Å². The standard InChI is InChI=1S/C20H18N2O2S/c1-14(25-16-8-3-2-4-9-16)20(24)22-21-13-18-17-10-6-5-7-15(17)11-12-19(18)23/h2-14,23H,1H3,(H,22,24)/b21-13+. The van der Waals surface area contributed by atoms with E-state index < -0.39 is 0 Å². The number of carbonyl (C=O) groups is 1. The summed E-state index contributed by atoms with van der Waals surface area (Å²) in [5.74, 6) is -0.0618. The molecule has 3 aromatic carbocycles. The van der Waals surface area contributed by atoms with Crippen molar-refractivity contribution in [3.8, 4) is 5.75 Å². The lowest BCUT2D eigenvalue weighted by Gasteiger charge is -2.09. The minimum Gasteiger partial charge on any atom is -0.507 e. The summed E-state index contributed by atoms with van der Waals surface area (Å²) >= 11 is 1.47. The average molecular weight is 350 g/mol. The highest BCUT2D eigenvalue weighted by molar-refractivity contribution is 8.00. The van der Waals surface area contributed by atoms with E-state index in [1.54, 1.807) is 6.07 Å². The second-order valence-corrected chi connectivity index (χ2v) is 6.94. The fourth-order valence-electron chi connectivity index (χ4n) is 2.43. The van der Waals surface area contributed by atoms with Gasteiger partial charge in [0.05, 0.1) is 11.5 Å². The number of nitrogens with zero attached hydrogens (tertiary/aromatic N) is 1. The van der Waals surface area contributed by atoms with Crippen LogP contribution in [0, 0.1) is 0 Å². The molecule has 2 N–H and O–H groups in total. The lowest BCUT2D eigenvalue weighted by molar-refractivity contribution is -0.120. The maximum atomic E-state index is 12.2. The monoisotopic (exact) mass is 350 g/mol. The van der Waals surface area contributed by atoms with E-state index in [1.165, 1.54) is 18.0 Å². The van der Waals surface area contributed by atoms with Crippen LogP contribution in [0.1, 0.15) is 12.5 Å². The first kappa shape index (κ1) is 17.0. The van der Waals surface area contributed by atoms with Gasteiger partial charge in [-0.3, -0.25) is 4.79 Å². The number of amides is 1. The molecular formula is C20H18N2O2S. The van der Waals surface area contributed by atoms with Gasteiger partial charge < -0.3 is 5.11 Å². The van der Waals surface area contributed by atoms with Crippen molar-refractivity contribution in [2.45, 2.75) is 17.1 Å². The number of carbonyl (C=O) groups excluding carboxylic acids is 1. The SMILES string of the molecule is CC(Sc1ccccc1)C(=O)N/N=C/c1c(O)ccc2ccccc12. The van der Waals surface area contributed by atoms with Gasteiger partial charge in [0.2, 0.25) is 0 Å². The van der Waals surface area contributed by atoms with Crippen LogP contribution in [0.3, 0.4) is 0 Å². The number of thioether (sulfide) groups is 1. The number of hydrogen-bond donors (Lipinski definition) is 2. The van der Waals surface area contributed by atoms with E-state index in [1.807, 2.05) is 67.6 Å². The van der Waals surface area contributed by atoms with E-state index >= 15 is 0 Å². The molecule has 5 heteroatoms. The van der Waals surface area contributed by atoms with Crippen molar-refractivity contribution >= 4 is 34.7 Å². The van der Waals surface area contributed by atoms with Crippen LogP contribution < -0.4 is 5.43 Å². The molecule has 4 nitrogen and oxygen atoms in total. The van der Waals surface area contributed by atoms with Crippen LogP contribution in [0.2, 0.25) is 0 Å². The first-order valence-corrected chi connectivity index (χ1v) is 8.78. The summed E-state index contributed by atoms with van der Waals surface area (Å²) in [6.07, 6.45) is 1.48. The first-order chi connectivity index (χ1) is 12.1. The highest BCUT2D eigenvalue weighted by atomic mass is 32.2. The Morgan fingerprint density at radius 2 is 1.80 bits per heavy atom. The Kier molecular flexibility index (Phi) is 5.36. The zero-order valence-electron chi connectivity index (χ0n) is 13.7. The maximum Gasteiger partial charge on any atom is 0.253 e. The van der Waals surface area contributed by atoms with Crippen molar-refractivity contribution in [2.24, 2.45) is 5.10 Å². The van der Waals surface area contributed by atoms with Crippen molar-refractivity contribution in [1.82, 2.24) is 5.43 Å². The van der Waals surface area contributed by atoms with Crippen LogP contribution in [0.15, 0.2) is 76.7 Å². The molecule has 0 aromatic heterocycles. The van der Waals surface area contributed by atoms with E-state index in [0.717, 1.165) is 15.7 Å². The molecule has 0 saturated carbocycles. The predicted molar refractivity (Wildman–Crippen MR) is 103 cm³/mol. The van der Waals surface area contributed by atoms with Crippen LogP contribution in [0.5, 0.6) is 5.75 Å². The van der Waals surface area contributed by atoms with Gasteiger partial charge >= 0.3 is 0 Å². The van der Waals surface area contributed by atoms with Crippen LogP contribution in [-0.4, -0.2) is 22.5 Å². The Hall–Kier alpha value is -2.79. The molecule has 0 saturated heterocycles. The van der Waals surface area contributed by atoms with Crippen LogP contribution in [0.25, 0.3) is 10.8 Å². The Morgan fingerprint density at radius 1 is 1.08 bits per heavy atom. The minimum absolute atomic E-state index is 0.128. The number of rotatable bonds is 5. The highest BCUT2D eigenvalue weighted by Crippen LogP contribution is 2.25. The molecule has 0 fully saturated rings. The summed E-state index contributed by atoms with van der Waals surface area (Å²) < 4.78 is 0. The molecule has 1 atom stereocenters. The lowest BCUT2D eigenvalue weighted by Crippen LogP contribution is -2.26. The number of fused-ring (bicyclic) bond motifs is 1. The van der Waals surface area contributed by atoms with Crippen molar-refractivity contribution in [3.05, 3.63) is 72.3 Å². The average Bonchev–Trinajstić information content (AvgIpc) is 2.64. The molecule has 0 aliphatic rings. The van der Waals surface area contributed by atoms with E-state index in [9.17, 15) is 9.90 Å². The number of hydrazone groups is 1. The van der Waals surface area contributed by atoms with Gasteiger partial charge in [-0.15, -0.1) is 11.8 Å². The van der Waals surface area contributed by atoms with E-state index in [4.69, 9.17) is 0 Å². The molecular weight excluding hydrogens is 332 g/mol.